The lowest BCUT2D eigenvalue weighted by molar-refractivity contribution is -0.143. The van der Waals surface area contributed by atoms with Gasteiger partial charge in [-0.05, 0) is 132 Å². The number of halogens is 1. The van der Waals surface area contributed by atoms with Crippen LogP contribution in [0.15, 0.2) is 65.6 Å². The minimum Gasteiger partial charge on any atom is -0.480 e. The number of aliphatic hydroxyl groups excluding tert-OH is 8. The van der Waals surface area contributed by atoms with Crippen LogP contribution in [-0.4, -0.2) is 365 Å². The lowest BCUT2D eigenvalue weighted by Gasteiger charge is -2.30. The van der Waals surface area contributed by atoms with Crippen molar-refractivity contribution in [3.63, 3.8) is 0 Å². The number of unbranched alkanes of at least 4 members (excludes halogenated alkanes) is 1. The fourth-order valence-electron chi connectivity index (χ4n) is 7.33. The van der Waals surface area contributed by atoms with Crippen molar-refractivity contribution < 1.29 is 115 Å². The summed E-state index contributed by atoms with van der Waals surface area (Å²) in [5, 5.41) is 128. The fourth-order valence-corrected chi connectivity index (χ4v) is 17.2. The van der Waals surface area contributed by atoms with Gasteiger partial charge in [-0.3, -0.25) is 43.8 Å². The van der Waals surface area contributed by atoms with Gasteiger partial charge in [0, 0.05) is 83.4 Å². The number of aliphatic hydroxyl groups is 8. The number of rotatable bonds is 48. The second-order valence-electron chi connectivity index (χ2n) is 23.4. The molecule has 0 saturated carbocycles. The van der Waals surface area contributed by atoms with Crippen LogP contribution in [-0.2, 0) is 48.8 Å². The van der Waals surface area contributed by atoms with E-state index >= 15 is 0 Å². The van der Waals surface area contributed by atoms with E-state index in [4.69, 9.17) is 85.8 Å². The second-order valence-corrected chi connectivity index (χ2v) is 38.1. The third-order valence-corrected chi connectivity index (χ3v) is 25.7. The molecule has 117 heavy (non-hydrogen) atoms. The Bertz CT molecular complexity index is 2590. The third kappa shape index (κ3) is 87.4. The van der Waals surface area contributed by atoms with E-state index in [1.54, 1.807) is 94.1 Å². The molecular weight excluding hydrogens is 1780 g/mol. The first-order valence-corrected chi connectivity index (χ1v) is 51.8. The Morgan fingerprint density at radius 1 is 0.564 bits per heavy atom. The monoisotopic (exact) mass is 1910 g/mol. The molecule has 688 valence electrons. The average molecular weight is 1920 g/mol. The molecule has 2 aliphatic rings. The van der Waals surface area contributed by atoms with Crippen LogP contribution in [0.25, 0.3) is 0 Å². The quantitative estimate of drug-likeness (QED) is 0.0122. The lowest BCUT2D eigenvalue weighted by atomic mass is 10.0. The molecule has 2 heterocycles. The highest BCUT2D eigenvalue weighted by Crippen LogP contribution is 2.29. The molecule has 11 atom stereocenters. The number of hydrogen-bond acceptors (Lipinski definition) is 36. The summed E-state index contributed by atoms with van der Waals surface area (Å²) in [5.74, 6) is 9.39. The lowest BCUT2D eigenvalue weighted by Crippen LogP contribution is -2.48. The summed E-state index contributed by atoms with van der Waals surface area (Å²) in [6.45, 7) is 14.7. The molecule has 4 rings (SSSR count). The number of nitrogens with zero attached hydrogens (tertiary/aromatic N) is 1. The van der Waals surface area contributed by atoms with Gasteiger partial charge in [-0.1, -0.05) is 89.6 Å². The summed E-state index contributed by atoms with van der Waals surface area (Å²) < 4.78 is 4.24. The maximum Gasteiger partial charge on any atom is 0.326 e. The smallest absolute Gasteiger partial charge is 0.326 e. The Morgan fingerprint density at radius 3 is 1.43 bits per heavy atom. The molecule has 2 fully saturated rings. The van der Waals surface area contributed by atoms with Crippen LogP contribution in [0.5, 0.6) is 0 Å². The van der Waals surface area contributed by atoms with Gasteiger partial charge < -0.3 is 104 Å². The summed E-state index contributed by atoms with van der Waals surface area (Å²) in [5.41, 5.74) is 22.2. The van der Waals surface area contributed by atoms with Crippen LogP contribution >= 0.6 is 153 Å². The van der Waals surface area contributed by atoms with E-state index in [0.717, 1.165) is 107 Å². The number of benzene rings is 2. The molecule has 31 nitrogen and oxygen atoms in total. The number of amides is 1. The van der Waals surface area contributed by atoms with Crippen molar-refractivity contribution in [1.29, 1.82) is 0 Å². The molecule has 2 aliphatic heterocycles. The number of esters is 1. The molecule has 1 amide bonds. The van der Waals surface area contributed by atoms with E-state index < -0.39 is 97.0 Å². The normalized spacial score (nSPS) is 15.0. The summed E-state index contributed by atoms with van der Waals surface area (Å²) in [4.78, 5) is 88.5. The Labute approximate surface area is 750 Å². The molecule has 0 spiro atoms. The minimum atomic E-state index is -1.55. The number of carboxylic acids is 6. The largest absolute Gasteiger partial charge is 0.480 e. The SMILES string of the molecule is CCCCSCC(N)C(=O)O.CCSC(SCC)C(O)C(O)C(O)C(O)CO.CCSCC(N)C(=O)O.CCSCCC(N)C(=O)O.COC(=O)C(CCSC)NCl.CSCCC(N)C(=O)O.CSCCC(NC(C)=O)C(=O)O.O=C(O)C1CSCN1.OCCN1CCSCC1.OCCSCc1ccccc1.OCCSc1ccccc1. The van der Waals surface area contributed by atoms with Gasteiger partial charge in [0.05, 0.1) is 38.1 Å². The van der Waals surface area contributed by atoms with Gasteiger partial charge in [-0.25, -0.2) is 9.63 Å². The van der Waals surface area contributed by atoms with E-state index in [9.17, 15) is 58.8 Å². The van der Waals surface area contributed by atoms with Gasteiger partial charge in [-0.15, -0.1) is 47.0 Å². The number of carbonyl (C=O) groups is 8. The van der Waals surface area contributed by atoms with Gasteiger partial charge in [0.25, 0.3) is 0 Å². The number of nitrogens with two attached hydrogens (primary N) is 4. The zero-order chi connectivity index (χ0) is 90.6. The summed E-state index contributed by atoms with van der Waals surface area (Å²) >= 11 is 25.0. The maximum atomic E-state index is 10.9. The average Bonchev–Trinajstić information content (AvgIpc) is 1.19. The van der Waals surface area contributed by atoms with E-state index in [2.05, 4.69) is 44.2 Å². The predicted octanol–water partition coefficient (Wildman–Crippen LogP) is 5.83. The van der Waals surface area contributed by atoms with E-state index in [1.807, 2.05) is 107 Å². The molecule has 0 bridgehead atoms. The van der Waals surface area contributed by atoms with Crippen molar-refractivity contribution in [3.05, 3.63) is 66.2 Å². The molecule has 25 N–H and O–H groups in total. The summed E-state index contributed by atoms with van der Waals surface area (Å²) in [7, 11) is 1.35. The first kappa shape index (κ1) is 128. The van der Waals surface area contributed by atoms with E-state index in [0.29, 0.717) is 49.5 Å². The number of thioether (sulfide) groups is 12. The summed E-state index contributed by atoms with van der Waals surface area (Å²) in [6.07, 6.45) is 4.74. The van der Waals surface area contributed by atoms with Gasteiger partial charge in [0.15, 0.2) is 0 Å². The number of ether oxygens (including phenoxy) is 1. The minimum absolute atomic E-state index is 0.250. The van der Waals surface area contributed by atoms with Gasteiger partial charge in [0.2, 0.25) is 5.91 Å². The fraction of sp³-hybridized carbons (Fsp3) is 0.726. The molecule has 2 aromatic carbocycles. The van der Waals surface area contributed by atoms with Crippen molar-refractivity contribution in [2.24, 2.45) is 22.9 Å². The Kier molecular flexibility index (Phi) is 104. The molecular formula is C73H139ClN8O23S12. The van der Waals surface area contributed by atoms with Gasteiger partial charge >= 0.3 is 41.8 Å². The molecule has 0 aromatic heterocycles. The van der Waals surface area contributed by atoms with Crippen LogP contribution < -0.4 is 38.4 Å². The number of nitrogens with one attached hydrogen (secondary N) is 3. The highest BCUT2D eigenvalue weighted by Gasteiger charge is 2.35. The highest BCUT2D eigenvalue weighted by molar-refractivity contribution is 8.17. The molecule has 11 unspecified atom stereocenters. The van der Waals surface area contributed by atoms with Crippen LogP contribution in [0.3, 0.4) is 0 Å². The molecule has 2 aromatic rings. The number of methoxy groups -OCH3 is 1. The van der Waals surface area contributed by atoms with Crippen molar-refractivity contribution in [1.82, 2.24) is 20.4 Å². The van der Waals surface area contributed by atoms with E-state index in [-0.39, 0.29) is 41.8 Å². The molecule has 44 heteroatoms. The van der Waals surface area contributed by atoms with Crippen LogP contribution in [0.1, 0.15) is 85.6 Å². The zero-order valence-electron chi connectivity index (χ0n) is 69.1. The van der Waals surface area contributed by atoms with Crippen molar-refractivity contribution in [3.8, 4) is 0 Å². The topological polar surface area (TPSA) is 572 Å². The third-order valence-electron chi connectivity index (χ3n) is 13.8. The van der Waals surface area contributed by atoms with Crippen molar-refractivity contribution in [2.45, 2.75) is 162 Å². The first-order chi connectivity index (χ1) is 55.6. The molecule has 0 aliphatic carbocycles. The standard InChI is InChI=1S/C10H22O5S2.C9H12OS.C8H10OS.C7H13NO3S.C7H15NO2S.C6H12ClNO2S.C6H13NO2S.C6H13NOS.2C5H11NO2S.C4H7NO2S/c1-3-16-10(17-4-2)9(15)8(14)7(13)6(12)5-11;10-6-7-11-8-9-4-2-1-3-5-9;9-6-7-10-8-4-2-1-3-5-8;1-5(9)8-6(7(10)11)3-4-12-2;1-2-3-4-11-5-6(8)7(9)10;1-10-6(9)5(8-7)3-4-11-2;1-2-10-4-3-5(7)6(8)9;8-4-1-7-2-5-9-6-3-7;1-9-3-2-4(6)5(7)8;1-2-9-3-4(6)5(7)8;6-4(7)3-1-8-2-5-3/h6-15H,3-5H2,1-2H3;1-5,10H,6-8H2;1-5,9H,6-7H2;6H,3-4H2,1-2H3,(H,8,9)(H,10,11);6H,2-5,8H2,1H3,(H,9,10);5,8H,3-4H2,1-2H3;5H,2-4,7H2,1H3,(H,8,9);8H,1-6H2;2*4H,2-3,6H2,1H3,(H,7,8);3,5H,1-2H2,(H,6,7). The molecule has 2 saturated heterocycles. The van der Waals surface area contributed by atoms with Gasteiger partial charge in [-0.2, -0.15) is 94.1 Å². The zero-order valence-corrected chi connectivity index (χ0v) is 79.6. The molecule has 0 radical (unpaired) electrons. The van der Waals surface area contributed by atoms with Crippen LogP contribution in [0.4, 0.5) is 0 Å². The predicted molar refractivity (Wildman–Crippen MR) is 502 cm³/mol. The number of hydrogen-bond donors (Lipinski definition) is 21. The summed E-state index contributed by atoms with van der Waals surface area (Å²) in [6, 6.07) is 16.2. The van der Waals surface area contributed by atoms with Crippen molar-refractivity contribution in [2.75, 3.05) is 170 Å². The Hall–Kier alpha value is -1.91. The number of carboxylic acid groups (broad SMARTS) is 6. The van der Waals surface area contributed by atoms with Crippen molar-refractivity contribution >= 4 is 201 Å². The first-order valence-electron chi connectivity index (χ1n) is 37.3. The maximum absolute atomic E-state index is 10.9. The van der Waals surface area contributed by atoms with E-state index in [1.165, 1.54) is 71.3 Å². The number of carbonyl (C=O) groups excluding carboxylic acids is 2. The van der Waals surface area contributed by atoms with Gasteiger partial charge in [0.1, 0.15) is 66.7 Å². The van der Waals surface area contributed by atoms with Crippen LogP contribution in [0, 0.1) is 0 Å². The Morgan fingerprint density at radius 2 is 1.04 bits per heavy atom. The van der Waals surface area contributed by atoms with Crippen LogP contribution in [0.2, 0.25) is 0 Å². The Balaban J connectivity index is -0.000000229. The number of aliphatic carboxylic acids is 6. The second kappa shape index (κ2) is 94.8. The highest BCUT2D eigenvalue weighted by atomic mass is 35.5. The number of β-amino-alcohol motifs (C(OH)–C–C–N with tert-alkyl or cyclic N) is 1.